The van der Waals surface area contributed by atoms with E-state index in [4.69, 9.17) is 5.84 Å². The Morgan fingerprint density at radius 1 is 1.29 bits per heavy atom. The molecule has 0 radical (unpaired) electrons. The topological polar surface area (TPSA) is 43.8 Å². The number of rotatable bonds is 1. The van der Waals surface area contributed by atoms with E-state index in [1.165, 1.54) is 15.8 Å². The maximum atomic E-state index is 5.73. The normalized spacial score (nSPS) is 10.4. The van der Waals surface area contributed by atoms with E-state index in [1.54, 1.807) is 12.4 Å². The van der Waals surface area contributed by atoms with Crippen molar-refractivity contribution in [1.82, 2.24) is 9.66 Å². The van der Waals surface area contributed by atoms with Crippen LogP contribution in [0.4, 0.5) is 0 Å². The van der Waals surface area contributed by atoms with Crippen LogP contribution in [-0.4, -0.2) is 9.66 Å². The van der Waals surface area contributed by atoms with Gasteiger partial charge < -0.3 is 5.84 Å². The zero-order valence-electron chi connectivity index (χ0n) is 8.36. The van der Waals surface area contributed by atoms with Gasteiger partial charge in [0.1, 0.15) is 0 Å². The number of aromatic nitrogens is 2. The third-order valence-electron chi connectivity index (χ3n) is 2.29. The molecule has 0 saturated carbocycles. The molecule has 1 heterocycles. The Morgan fingerprint density at radius 2 is 2.07 bits per heavy atom. The van der Waals surface area contributed by atoms with Crippen LogP contribution in [0.3, 0.4) is 0 Å². The molecule has 3 nitrogen and oxygen atoms in total. The van der Waals surface area contributed by atoms with Crippen molar-refractivity contribution in [3.63, 3.8) is 0 Å². The lowest BCUT2D eigenvalue weighted by Crippen LogP contribution is -2.08. The summed E-state index contributed by atoms with van der Waals surface area (Å²) in [6, 6.07) is 6.25. The smallest absolute Gasteiger partial charge is 0.158 e. The summed E-state index contributed by atoms with van der Waals surface area (Å²) < 4.78 is 1.54. The molecule has 0 aliphatic carbocycles. The van der Waals surface area contributed by atoms with Gasteiger partial charge in [-0.25, -0.2) is 4.98 Å². The van der Waals surface area contributed by atoms with Gasteiger partial charge >= 0.3 is 0 Å². The van der Waals surface area contributed by atoms with Crippen LogP contribution in [0.15, 0.2) is 30.6 Å². The number of hydrogen-bond donors (Lipinski definition) is 1. The van der Waals surface area contributed by atoms with Gasteiger partial charge in [-0.2, -0.15) is 0 Å². The molecule has 14 heavy (non-hydrogen) atoms. The van der Waals surface area contributed by atoms with E-state index in [0.717, 1.165) is 11.4 Å². The molecule has 2 rings (SSSR count). The highest BCUT2D eigenvalue weighted by Crippen LogP contribution is 2.21. The number of aryl methyl sites for hydroxylation is 2. The standard InChI is InChI=1S/C11H13N3/c1-8-3-4-10(9(2)7-8)11-13-5-6-14(11)12/h3-7H,12H2,1-2H3. The van der Waals surface area contributed by atoms with E-state index in [1.807, 2.05) is 0 Å². The Balaban J connectivity index is 2.58. The van der Waals surface area contributed by atoms with E-state index < -0.39 is 0 Å². The summed E-state index contributed by atoms with van der Waals surface area (Å²) in [5.74, 6) is 6.54. The minimum atomic E-state index is 0.808. The van der Waals surface area contributed by atoms with Gasteiger partial charge in [-0.15, -0.1) is 0 Å². The summed E-state index contributed by atoms with van der Waals surface area (Å²) in [6.45, 7) is 4.14. The highest BCUT2D eigenvalue weighted by atomic mass is 15.3. The molecule has 72 valence electrons. The van der Waals surface area contributed by atoms with Gasteiger partial charge in [-0.3, -0.25) is 4.68 Å². The molecule has 0 aliphatic heterocycles. The van der Waals surface area contributed by atoms with Gasteiger partial charge in [-0.05, 0) is 19.4 Å². The molecule has 3 heteroatoms. The zero-order chi connectivity index (χ0) is 10.1. The van der Waals surface area contributed by atoms with Crippen molar-refractivity contribution in [1.29, 1.82) is 0 Å². The van der Waals surface area contributed by atoms with Crippen molar-refractivity contribution in [3.8, 4) is 11.4 Å². The second-order valence-electron chi connectivity index (χ2n) is 3.48. The van der Waals surface area contributed by atoms with Crippen LogP contribution in [0.5, 0.6) is 0 Å². The molecule has 1 aromatic carbocycles. The second-order valence-corrected chi connectivity index (χ2v) is 3.48. The van der Waals surface area contributed by atoms with Gasteiger partial charge in [0.05, 0.1) is 0 Å². The maximum absolute atomic E-state index is 5.73. The molecule has 0 aliphatic rings. The molecular weight excluding hydrogens is 174 g/mol. The Morgan fingerprint density at radius 3 is 2.64 bits per heavy atom. The summed E-state index contributed by atoms with van der Waals surface area (Å²) in [7, 11) is 0. The van der Waals surface area contributed by atoms with Crippen LogP contribution in [-0.2, 0) is 0 Å². The summed E-state index contributed by atoms with van der Waals surface area (Å²) in [5, 5.41) is 0. The first kappa shape index (κ1) is 8.81. The van der Waals surface area contributed by atoms with Gasteiger partial charge in [0.15, 0.2) is 5.82 Å². The number of nitrogens with zero attached hydrogens (tertiary/aromatic N) is 2. The molecule has 0 saturated heterocycles. The number of hydrogen-bond acceptors (Lipinski definition) is 2. The summed E-state index contributed by atoms with van der Waals surface area (Å²) in [5.41, 5.74) is 3.53. The summed E-state index contributed by atoms with van der Waals surface area (Å²) in [4.78, 5) is 4.21. The van der Waals surface area contributed by atoms with Crippen molar-refractivity contribution in [2.45, 2.75) is 13.8 Å². The average molecular weight is 187 g/mol. The monoisotopic (exact) mass is 187 g/mol. The fraction of sp³-hybridized carbons (Fsp3) is 0.182. The molecule has 0 fully saturated rings. The Kier molecular flexibility index (Phi) is 2.00. The van der Waals surface area contributed by atoms with Crippen molar-refractivity contribution < 1.29 is 0 Å². The van der Waals surface area contributed by atoms with Crippen LogP contribution in [0.25, 0.3) is 11.4 Å². The van der Waals surface area contributed by atoms with E-state index >= 15 is 0 Å². The van der Waals surface area contributed by atoms with Crippen LogP contribution >= 0.6 is 0 Å². The molecule has 2 aromatic rings. The number of benzene rings is 1. The van der Waals surface area contributed by atoms with Crippen LogP contribution in [0.1, 0.15) is 11.1 Å². The Bertz CT molecular complexity index is 457. The summed E-state index contributed by atoms with van der Waals surface area (Å²) >= 11 is 0. The first-order chi connectivity index (χ1) is 6.68. The molecule has 2 N–H and O–H groups in total. The van der Waals surface area contributed by atoms with Gasteiger partial charge in [0.2, 0.25) is 0 Å². The van der Waals surface area contributed by atoms with Crippen molar-refractivity contribution in [2.24, 2.45) is 0 Å². The zero-order valence-corrected chi connectivity index (χ0v) is 8.36. The second kappa shape index (κ2) is 3.18. The molecule has 0 unspecified atom stereocenters. The Labute approximate surface area is 83.2 Å². The third kappa shape index (κ3) is 1.37. The molecule has 0 amide bonds. The third-order valence-corrected chi connectivity index (χ3v) is 2.29. The lowest BCUT2D eigenvalue weighted by atomic mass is 10.1. The SMILES string of the molecule is Cc1ccc(-c2nccn2N)c(C)c1. The number of nitrogens with two attached hydrogens (primary N) is 1. The van der Waals surface area contributed by atoms with Gasteiger partial charge in [-0.1, -0.05) is 23.8 Å². The van der Waals surface area contributed by atoms with Crippen LogP contribution < -0.4 is 5.84 Å². The molecule has 0 bridgehead atoms. The van der Waals surface area contributed by atoms with E-state index in [0.29, 0.717) is 0 Å². The highest BCUT2D eigenvalue weighted by Gasteiger charge is 2.06. The number of imidazole rings is 1. The fourth-order valence-corrected chi connectivity index (χ4v) is 1.59. The van der Waals surface area contributed by atoms with Gasteiger partial charge in [0.25, 0.3) is 0 Å². The average Bonchev–Trinajstić information content (AvgIpc) is 2.52. The number of nitrogen functional groups attached to an aromatic ring is 1. The first-order valence-corrected chi connectivity index (χ1v) is 4.54. The van der Waals surface area contributed by atoms with Crippen molar-refractivity contribution in [2.75, 3.05) is 5.84 Å². The lowest BCUT2D eigenvalue weighted by molar-refractivity contribution is 1.01. The van der Waals surface area contributed by atoms with E-state index in [-0.39, 0.29) is 0 Å². The van der Waals surface area contributed by atoms with Crippen molar-refractivity contribution >= 4 is 0 Å². The van der Waals surface area contributed by atoms with Crippen molar-refractivity contribution in [3.05, 3.63) is 41.7 Å². The molecular formula is C11H13N3. The predicted molar refractivity (Wildman–Crippen MR) is 57.3 cm³/mol. The largest absolute Gasteiger partial charge is 0.338 e. The lowest BCUT2D eigenvalue weighted by Gasteiger charge is -2.06. The van der Waals surface area contributed by atoms with Gasteiger partial charge in [0, 0.05) is 18.0 Å². The highest BCUT2D eigenvalue weighted by molar-refractivity contribution is 5.61. The minimum absolute atomic E-state index is 0.808. The molecule has 0 spiro atoms. The maximum Gasteiger partial charge on any atom is 0.158 e. The van der Waals surface area contributed by atoms with E-state index in [9.17, 15) is 0 Å². The quantitative estimate of drug-likeness (QED) is 0.693. The Hall–Kier alpha value is -1.77. The first-order valence-electron chi connectivity index (χ1n) is 4.54. The van der Waals surface area contributed by atoms with Crippen LogP contribution in [0.2, 0.25) is 0 Å². The van der Waals surface area contributed by atoms with Crippen LogP contribution in [0, 0.1) is 13.8 Å². The molecule has 1 aromatic heterocycles. The van der Waals surface area contributed by atoms with E-state index in [2.05, 4.69) is 37.0 Å². The minimum Gasteiger partial charge on any atom is -0.338 e. The fourth-order valence-electron chi connectivity index (χ4n) is 1.59. The predicted octanol–water partition coefficient (Wildman–Crippen LogP) is 1.88. The molecule has 0 atom stereocenters. The summed E-state index contributed by atoms with van der Waals surface area (Å²) in [6.07, 6.45) is 3.45.